The largest absolute Gasteiger partial charge is 0.497 e. The molecule has 0 aromatic heterocycles. The smallest absolute Gasteiger partial charge is 0.178 e. The summed E-state index contributed by atoms with van der Waals surface area (Å²) in [5.41, 5.74) is 0.216. The Morgan fingerprint density at radius 2 is 1.65 bits per heavy atom. The average Bonchev–Trinajstić information content (AvgIpc) is 2.42. The average molecular weight is 273 g/mol. The zero-order chi connectivity index (χ0) is 15.3. The van der Waals surface area contributed by atoms with Crippen molar-refractivity contribution < 1.29 is 14.3 Å². The number of nitrogens with zero attached hydrogens (tertiary/aromatic N) is 1. The van der Waals surface area contributed by atoms with E-state index in [9.17, 15) is 10.1 Å². The number of Topliss-reactive ketones (excluding diaryl/α,β-unsaturated/α-hetero) is 1. The SMILES string of the molecule is COc1cc(C=C(C#N)C(=O)C(C)(C)C)cc(OC)c1. The van der Waals surface area contributed by atoms with Crippen LogP contribution in [-0.2, 0) is 4.79 Å². The third-order valence-electron chi connectivity index (χ3n) is 2.73. The van der Waals surface area contributed by atoms with Crippen LogP contribution in [0.2, 0.25) is 0 Å². The Morgan fingerprint density at radius 1 is 1.15 bits per heavy atom. The van der Waals surface area contributed by atoms with Gasteiger partial charge in [0.1, 0.15) is 17.6 Å². The van der Waals surface area contributed by atoms with Crippen molar-refractivity contribution in [3.63, 3.8) is 0 Å². The molecule has 0 aliphatic carbocycles. The molecule has 1 aromatic rings. The van der Waals surface area contributed by atoms with Gasteiger partial charge in [-0.15, -0.1) is 0 Å². The van der Waals surface area contributed by atoms with Gasteiger partial charge in [0, 0.05) is 11.5 Å². The zero-order valence-electron chi connectivity index (χ0n) is 12.5. The molecule has 0 unspecified atom stereocenters. The molecule has 0 aliphatic heterocycles. The van der Waals surface area contributed by atoms with E-state index in [1.807, 2.05) is 6.07 Å². The molecule has 20 heavy (non-hydrogen) atoms. The van der Waals surface area contributed by atoms with Crippen LogP contribution in [0.1, 0.15) is 26.3 Å². The van der Waals surface area contributed by atoms with Crippen LogP contribution >= 0.6 is 0 Å². The van der Waals surface area contributed by atoms with Gasteiger partial charge in [0.25, 0.3) is 0 Å². The monoisotopic (exact) mass is 273 g/mol. The van der Waals surface area contributed by atoms with Gasteiger partial charge in [0.05, 0.1) is 19.8 Å². The third kappa shape index (κ3) is 3.86. The maximum absolute atomic E-state index is 12.2. The molecule has 1 rings (SSSR count). The van der Waals surface area contributed by atoms with Gasteiger partial charge in [0.2, 0.25) is 0 Å². The Hall–Kier alpha value is -2.28. The minimum atomic E-state index is -0.593. The maximum Gasteiger partial charge on any atom is 0.178 e. The van der Waals surface area contributed by atoms with Crippen LogP contribution in [0.3, 0.4) is 0 Å². The maximum atomic E-state index is 12.2. The Bertz CT molecular complexity index is 552. The first-order valence-electron chi connectivity index (χ1n) is 6.21. The number of methoxy groups -OCH3 is 2. The fourth-order valence-electron chi connectivity index (χ4n) is 1.63. The van der Waals surface area contributed by atoms with E-state index in [0.717, 1.165) is 0 Å². The molecule has 0 amide bonds. The topological polar surface area (TPSA) is 59.3 Å². The van der Waals surface area contributed by atoms with Crippen molar-refractivity contribution in [1.82, 2.24) is 0 Å². The minimum Gasteiger partial charge on any atom is -0.497 e. The van der Waals surface area contributed by atoms with Gasteiger partial charge in [-0.25, -0.2) is 0 Å². The van der Waals surface area contributed by atoms with Gasteiger partial charge in [-0.1, -0.05) is 20.8 Å². The summed E-state index contributed by atoms with van der Waals surface area (Å²) in [6, 6.07) is 7.18. The van der Waals surface area contributed by atoms with Gasteiger partial charge in [-0.3, -0.25) is 4.79 Å². The van der Waals surface area contributed by atoms with Crippen molar-refractivity contribution in [3.05, 3.63) is 29.3 Å². The van der Waals surface area contributed by atoms with Crippen LogP contribution in [-0.4, -0.2) is 20.0 Å². The number of hydrogen-bond acceptors (Lipinski definition) is 4. The summed E-state index contributed by atoms with van der Waals surface area (Å²) in [5, 5.41) is 9.17. The lowest BCUT2D eigenvalue weighted by molar-refractivity contribution is -0.121. The molecule has 0 radical (unpaired) electrons. The van der Waals surface area contributed by atoms with Crippen molar-refractivity contribution in [2.75, 3.05) is 14.2 Å². The Kier molecular flexibility index (Phi) is 4.93. The molecule has 0 fully saturated rings. The number of ketones is 1. The van der Waals surface area contributed by atoms with Gasteiger partial charge in [-0.05, 0) is 23.8 Å². The number of benzene rings is 1. The second kappa shape index (κ2) is 6.25. The summed E-state index contributed by atoms with van der Waals surface area (Å²) >= 11 is 0. The Morgan fingerprint density at radius 3 is 2.00 bits per heavy atom. The molecule has 0 atom stereocenters. The number of carbonyl (C=O) groups excluding carboxylic acids is 1. The minimum absolute atomic E-state index is 0.118. The van der Waals surface area contributed by atoms with Crippen molar-refractivity contribution >= 4 is 11.9 Å². The second-order valence-electron chi connectivity index (χ2n) is 5.39. The van der Waals surface area contributed by atoms with Crippen LogP contribution in [0.4, 0.5) is 0 Å². The highest BCUT2D eigenvalue weighted by molar-refractivity contribution is 6.06. The highest BCUT2D eigenvalue weighted by Crippen LogP contribution is 2.26. The molecule has 0 heterocycles. The quantitative estimate of drug-likeness (QED) is 0.624. The van der Waals surface area contributed by atoms with Crippen molar-refractivity contribution in [1.29, 1.82) is 5.26 Å². The predicted octanol–water partition coefficient (Wildman–Crippen LogP) is 3.23. The molecule has 0 aliphatic rings. The normalized spacial score (nSPS) is 11.7. The van der Waals surface area contributed by atoms with E-state index in [1.165, 1.54) is 0 Å². The number of hydrogen-bond donors (Lipinski definition) is 0. The van der Waals surface area contributed by atoms with E-state index in [0.29, 0.717) is 17.1 Å². The van der Waals surface area contributed by atoms with Crippen LogP contribution in [0.5, 0.6) is 11.5 Å². The van der Waals surface area contributed by atoms with Crippen molar-refractivity contribution in [2.45, 2.75) is 20.8 Å². The predicted molar refractivity (Wildman–Crippen MR) is 77.6 cm³/mol. The molecule has 4 nitrogen and oxygen atoms in total. The van der Waals surface area contributed by atoms with Crippen LogP contribution in [0.25, 0.3) is 6.08 Å². The van der Waals surface area contributed by atoms with Crippen LogP contribution in [0.15, 0.2) is 23.8 Å². The molecule has 0 bridgehead atoms. The standard InChI is InChI=1S/C16H19NO3/c1-16(2,3)15(18)12(10-17)6-11-7-13(19-4)9-14(8-11)20-5/h6-9H,1-5H3. The van der Waals surface area contributed by atoms with Gasteiger partial charge in [-0.2, -0.15) is 5.26 Å². The summed E-state index contributed by atoms with van der Waals surface area (Å²) in [5.74, 6) is 1.02. The van der Waals surface area contributed by atoms with E-state index >= 15 is 0 Å². The molecular formula is C16H19NO3. The summed E-state index contributed by atoms with van der Waals surface area (Å²) in [6.07, 6.45) is 1.55. The lowest BCUT2D eigenvalue weighted by atomic mass is 9.86. The number of rotatable bonds is 4. The first-order chi connectivity index (χ1) is 9.31. The Labute approximate surface area is 119 Å². The van der Waals surface area contributed by atoms with E-state index in [-0.39, 0.29) is 11.4 Å². The first kappa shape index (κ1) is 15.8. The Balaban J connectivity index is 3.27. The molecule has 106 valence electrons. The van der Waals surface area contributed by atoms with Gasteiger partial charge in [0.15, 0.2) is 5.78 Å². The number of nitriles is 1. The lowest BCUT2D eigenvalue weighted by Gasteiger charge is -2.15. The highest BCUT2D eigenvalue weighted by atomic mass is 16.5. The van der Waals surface area contributed by atoms with E-state index in [1.54, 1.807) is 59.3 Å². The van der Waals surface area contributed by atoms with Crippen molar-refractivity contribution in [3.8, 4) is 17.6 Å². The van der Waals surface area contributed by atoms with Gasteiger partial charge < -0.3 is 9.47 Å². The second-order valence-corrected chi connectivity index (χ2v) is 5.39. The number of carbonyl (C=O) groups is 1. The zero-order valence-corrected chi connectivity index (χ0v) is 12.5. The van der Waals surface area contributed by atoms with Crippen molar-refractivity contribution in [2.24, 2.45) is 5.41 Å². The summed E-state index contributed by atoms with van der Waals surface area (Å²) in [4.78, 5) is 12.2. The van der Waals surface area contributed by atoms with Crippen LogP contribution < -0.4 is 9.47 Å². The molecule has 4 heteroatoms. The fourth-order valence-corrected chi connectivity index (χ4v) is 1.63. The van der Waals surface area contributed by atoms with E-state index in [4.69, 9.17) is 9.47 Å². The lowest BCUT2D eigenvalue weighted by Crippen LogP contribution is -2.21. The highest BCUT2D eigenvalue weighted by Gasteiger charge is 2.25. The van der Waals surface area contributed by atoms with E-state index in [2.05, 4.69) is 0 Å². The first-order valence-corrected chi connectivity index (χ1v) is 6.21. The summed E-state index contributed by atoms with van der Waals surface area (Å²) < 4.78 is 10.3. The van der Waals surface area contributed by atoms with E-state index < -0.39 is 5.41 Å². The summed E-state index contributed by atoms with van der Waals surface area (Å²) in [7, 11) is 3.10. The third-order valence-corrected chi connectivity index (χ3v) is 2.73. The van der Waals surface area contributed by atoms with Gasteiger partial charge >= 0.3 is 0 Å². The molecule has 0 spiro atoms. The summed E-state index contributed by atoms with van der Waals surface area (Å²) in [6.45, 7) is 5.35. The number of allylic oxidation sites excluding steroid dienone is 1. The number of ether oxygens (including phenoxy) is 2. The molecule has 0 saturated heterocycles. The fraction of sp³-hybridized carbons (Fsp3) is 0.375. The molecule has 0 N–H and O–H groups in total. The molecule has 0 saturated carbocycles. The molecule has 1 aromatic carbocycles. The van der Waals surface area contributed by atoms with Crippen LogP contribution in [0, 0.1) is 16.7 Å². The molecular weight excluding hydrogens is 254 g/mol.